The van der Waals surface area contributed by atoms with Crippen LogP contribution in [0.1, 0.15) is 34.3 Å². The first-order chi connectivity index (χ1) is 9.74. The van der Waals surface area contributed by atoms with Crippen molar-refractivity contribution in [1.82, 2.24) is 4.90 Å². The first-order valence-corrected chi connectivity index (χ1v) is 7.21. The molecule has 3 N–H and O–H groups in total. The normalized spacial score (nSPS) is 22.2. The van der Waals surface area contributed by atoms with Crippen LogP contribution in [0.5, 0.6) is 0 Å². The fraction of sp³-hybridized carbons (Fsp3) is 0.467. The SMILES string of the molecule is Cc1cc(Cl)c(C(=O)N2CCC[C@](O)(C(N)=O)C2)cc1C. The largest absolute Gasteiger partial charge is 0.378 e. The van der Waals surface area contributed by atoms with E-state index in [4.69, 9.17) is 17.3 Å². The number of likely N-dealkylation sites (tertiary alicyclic amines) is 1. The third-order valence-electron chi connectivity index (χ3n) is 4.03. The summed E-state index contributed by atoms with van der Waals surface area (Å²) in [7, 11) is 0. The van der Waals surface area contributed by atoms with Crippen LogP contribution in [0.15, 0.2) is 12.1 Å². The first kappa shape index (κ1) is 15.8. The Morgan fingerprint density at radius 1 is 1.33 bits per heavy atom. The molecule has 1 aromatic carbocycles. The Hall–Kier alpha value is -1.59. The minimum Gasteiger partial charge on any atom is -0.378 e. The highest BCUT2D eigenvalue weighted by Gasteiger charge is 2.40. The maximum absolute atomic E-state index is 12.6. The minimum atomic E-state index is -1.65. The van der Waals surface area contributed by atoms with Gasteiger partial charge in [0.05, 0.1) is 17.1 Å². The molecular weight excluding hydrogens is 292 g/mol. The fourth-order valence-electron chi connectivity index (χ4n) is 2.53. The number of amides is 2. The van der Waals surface area contributed by atoms with E-state index in [0.717, 1.165) is 11.1 Å². The van der Waals surface area contributed by atoms with Gasteiger partial charge in [-0.3, -0.25) is 9.59 Å². The van der Waals surface area contributed by atoms with Crippen molar-refractivity contribution in [2.45, 2.75) is 32.3 Å². The summed E-state index contributed by atoms with van der Waals surface area (Å²) in [6.07, 6.45) is 0.792. The van der Waals surface area contributed by atoms with Crippen LogP contribution in [0.3, 0.4) is 0 Å². The molecule has 21 heavy (non-hydrogen) atoms. The Morgan fingerprint density at radius 2 is 1.95 bits per heavy atom. The van der Waals surface area contributed by atoms with E-state index >= 15 is 0 Å². The predicted molar refractivity (Wildman–Crippen MR) is 80.2 cm³/mol. The van der Waals surface area contributed by atoms with Gasteiger partial charge in [-0.1, -0.05) is 11.6 Å². The minimum absolute atomic E-state index is 0.0928. The van der Waals surface area contributed by atoms with Crippen molar-refractivity contribution in [2.24, 2.45) is 5.73 Å². The standard InChI is InChI=1S/C15H19ClN2O3/c1-9-6-11(12(16)7-10(9)2)13(19)18-5-3-4-15(21,8-18)14(17)20/h6-7,21H,3-5,8H2,1-2H3,(H2,17,20)/t15-/m1/s1. The van der Waals surface area contributed by atoms with Crippen molar-refractivity contribution < 1.29 is 14.7 Å². The lowest BCUT2D eigenvalue weighted by Gasteiger charge is -2.37. The zero-order chi connectivity index (χ0) is 15.8. The third kappa shape index (κ3) is 3.04. The van der Waals surface area contributed by atoms with E-state index in [-0.39, 0.29) is 18.9 Å². The molecule has 0 aromatic heterocycles. The molecule has 0 spiro atoms. The van der Waals surface area contributed by atoms with E-state index in [0.29, 0.717) is 23.6 Å². The van der Waals surface area contributed by atoms with Gasteiger partial charge in [0.1, 0.15) is 0 Å². The van der Waals surface area contributed by atoms with Gasteiger partial charge in [-0.25, -0.2) is 0 Å². The van der Waals surface area contributed by atoms with Crippen LogP contribution in [-0.4, -0.2) is 40.5 Å². The van der Waals surface area contributed by atoms with Gasteiger partial charge in [0.2, 0.25) is 0 Å². The number of rotatable bonds is 2. The summed E-state index contributed by atoms with van der Waals surface area (Å²) in [5, 5.41) is 10.6. The smallest absolute Gasteiger partial charge is 0.255 e. The molecule has 114 valence electrons. The van der Waals surface area contributed by atoms with E-state index in [9.17, 15) is 14.7 Å². The molecule has 0 aliphatic carbocycles. The number of primary amides is 1. The van der Waals surface area contributed by atoms with E-state index in [1.807, 2.05) is 13.8 Å². The molecular formula is C15H19ClN2O3. The number of benzene rings is 1. The molecule has 6 heteroatoms. The lowest BCUT2D eigenvalue weighted by molar-refractivity contribution is -0.140. The van der Waals surface area contributed by atoms with Crippen LogP contribution in [0, 0.1) is 13.8 Å². The van der Waals surface area contributed by atoms with E-state index in [2.05, 4.69) is 0 Å². The number of aliphatic hydroxyl groups is 1. The summed E-state index contributed by atoms with van der Waals surface area (Å²) in [4.78, 5) is 25.4. The number of halogens is 1. The molecule has 1 aliphatic heterocycles. The van der Waals surface area contributed by atoms with Crippen molar-refractivity contribution in [2.75, 3.05) is 13.1 Å². The number of nitrogens with two attached hydrogens (primary N) is 1. The van der Waals surface area contributed by atoms with E-state index < -0.39 is 11.5 Å². The van der Waals surface area contributed by atoms with Crippen molar-refractivity contribution in [3.63, 3.8) is 0 Å². The Labute approximate surface area is 128 Å². The van der Waals surface area contributed by atoms with Crippen LogP contribution < -0.4 is 5.73 Å². The van der Waals surface area contributed by atoms with E-state index in [1.165, 1.54) is 4.90 Å². The molecule has 1 heterocycles. The summed E-state index contributed by atoms with van der Waals surface area (Å²) in [6, 6.07) is 3.48. The van der Waals surface area contributed by atoms with Gasteiger partial charge >= 0.3 is 0 Å². The van der Waals surface area contributed by atoms with Crippen LogP contribution in [0.2, 0.25) is 5.02 Å². The number of hydrogen-bond acceptors (Lipinski definition) is 3. The molecule has 5 nitrogen and oxygen atoms in total. The number of hydrogen-bond donors (Lipinski definition) is 2. The molecule has 1 saturated heterocycles. The molecule has 1 atom stereocenters. The van der Waals surface area contributed by atoms with Crippen molar-refractivity contribution in [3.8, 4) is 0 Å². The number of nitrogens with zero attached hydrogens (tertiary/aromatic N) is 1. The summed E-state index contributed by atoms with van der Waals surface area (Å²) in [5.74, 6) is -1.09. The number of piperidine rings is 1. The van der Waals surface area contributed by atoms with Crippen molar-refractivity contribution >= 4 is 23.4 Å². The summed E-state index contributed by atoms with van der Waals surface area (Å²) in [5.41, 5.74) is 5.92. The van der Waals surface area contributed by atoms with Crippen molar-refractivity contribution in [1.29, 1.82) is 0 Å². The molecule has 1 aromatic rings. The average Bonchev–Trinajstić information content (AvgIpc) is 2.42. The number of carbonyl (C=O) groups is 2. The monoisotopic (exact) mass is 310 g/mol. The third-order valence-corrected chi connectivity index (χ3v) is 4.34. The fourth-order valence-corrected chi connectivity index (χ4v) is 2.82. The second kappa shape index (κ2) is 5.66. The zero-order valence-corrected chi connectivity index (χ0v) is 12.9. The molecule has 1 fully saturated rings. The van der Waals surface area contributed by atoms with Crippen LogP contribution >= 0.6 is 11.6 Å². The van der Waals surface area contributed by atoms with Crippen molar-refractivity contribution in [3.05, 3.63) is 33.8 Å². The quantitative estimate of drug-likeness (QED) is 0.866. The number of carbonyl (C=O) groups excluding carboxylic acids is 2. The second-order valence-electron chi connectivity index (χ2n) is 5.64. The zero-order valence-electron chi connectivity index (χ0n) is 12.1. The Bertz CT molecular complexity index is 603. The van der Waals surface area contributed by atoms with Gasteiger partial charge < -0.3 is 15.7 Å². The van der Waals surface area contributed by atoms with Gasteiger partial charge in [-0.05, 0) is 49.9 Å². The lowest BCUT2D eigenvalue weighted by atomic mass is 9.91. The maximum atomic E-state index is 12.6. The number of β-amino-alcohol motifs (C(OH)–C–C–N with tert-alkyl or cyclic N) is 1. The molecule has 2 amide bonds. The topological polar surface area (TPSA) is 83.6 Å². The summed E-state index contributed by atoms with van der Waals surface area (Å²) < 4.78 is 0. The molecule has 0 bridgehead atoms. The Balaban J connectivity index is 2.28. The maximum Gasteiger partial charge on any atom is 0.255 e. The average molecular weight is 311 g/mol. The van der Waals surface area contributed by atoms with Gasteiger partial charge in [-0.15, -0.1) is 0 Å². The van der Waals surface area contributed by atoms with Gasteiger partial charge in [0.15, 0.2) is 5.60 Å². The molecule has 2 rings (SSSR count). The predicted octanol–water partition coefficient (Wildman–Crippen LogP) is 1.41. The van der Waals surface area contributed by atoms with Crippen LogP contribution in [0.4, 0.5) is 0 Å². The van der Waals surface area contributed by atoms with Crippen LogP contribution in [0.25, 0.3) is 0 Å². The highest BCUT2D eigenvalue weighted by Crippen LogP contribution is 2.26. The molecule has 0 unspecified atom stereocenters. The van der Waals surface area contributed by atoms with Gasteiger partial charge in [0, 0.05) is 6.54 Å². The van der Waals surface area contributed by atoms with Gasteiger partial charge in [0.25, 0.3) is 11.8 Å². The lowest BCUT2D eigenvalue weighted by Crippen LogP contribution is -2.57. The highest BCUT2D eigenvalue weighted by molar-refractivity contribution is 6.34. The first-order valence-electron chi connectivity index (χ1n) is 6.83. The molecule has 0 saturated carbocycles. The highest BCUT2D eigenvalue weighted by atomic mass is 35.5. The van der Waals surface area contributed by atoms with E-state index in [1.54, 1.807) is 12.1 Å². The Morgan fingerprint density at radius 3 is 2.57 bits per heavy atom. The summed E-state index contributed by atoms with van der Waals surface area (Å²) in [6.45, 7) is 4.20. The van der Waals surface area contributed by atoms with Gasteiger partial charge in [-0.2, -0.15) is 0 Å². The summed E-state index contributed by atoms with van der Waals surface area (Å²) >= 11 is 6.15. The second-order valence-corrected chi connectivity index (χ2v) is 6.05. The molecule has 0 radical (unpaired) electrons. The Kier molecular flexibility index (Phi) is 4.25. The van der Waals surface area contributed by atoms with Crippen LogP contribution in [-0.2, 0) is 4.79 Å². The number of aryl methyl sites for hydroxylation is 2. The molecule has 1 aliphatic rings.